The van der Waals surface area contributed by atoms with Gasteiger partial charge in [0, 0.05) is 23.5 Å². The fourth-order valence-electron chi connectivity index (χ4n) is 1.42. The van der Waals surface area contributed by atoms with Gasteiger partial charge in [0.05, 0.1) is 5.01 Å². The van der Waals surface area contributed by atoms with Crippen LogP contribution in [-0.4, -0.2) is 17.6 Å². The first-order chi connectivity index (χ1) is 6.76. The van der Waals surface area contributed by atoms with Crippen molar-refractivity contribution >= 4 is 11.3 Å². The van der Waals surface area contributed by atoms with E-state index in [-0.39, 0.29) is 0 Å². The lowest BCUT2D eigenvalue weighted by Gasteiger charge is -2.14. The standard InChI is InChI=1S/C11H20N2S/c1-4-6-12-10(5-2)7-11-13-9(3)8-14-11/h8,10,12H,4-7H2,1-3H3. The average Bonchev–Trinajstić information content (AvgIpc) is 2.58. The van der Waals surface area contributed by atoms with Gasteiger partial charge in [-0.1, -0.05) is 13.8 Å². The minimum Gasteiger partial charge on any atom is -0.314 e. The quantitative estimate of drug-likeness (QED) is 0.784. The van der Waals surface area contributed by atoms with Crippen LogP contribution in [0, 0.1) is 6.92 Å². The van der Waals surface area contributed by atoms with Gasteiger partial charge >= 0.3 is 0 Å². The van der Waals surface area contributed by atoms with E-state index in [0.29, 0.717) is 6.04 Å². The molecule has 3 heteroatoms. The summed E-state index contributed by atoms with van der Waals surface area (Å²) in [4.78, 5) is 4.49. The molecule has 14 heavy (non-hydrogen) atoms. The first-order valence-electron chi connectivity index (χ1n) is 5.40. The van der Waals surface area contributed by atoms with E-state index in [4.69, 9.17) is 0 Å². The maximum absolute atomic E-state index is 4.49. The molecule has 1 heterocycles. The first-order valence-corrected chi connectivity index (χ1v) is 6.28. The van der Waals surface area contributed by atoms with E-state index < -0.39 is 0 Å². The molecular formula is C11H20N2S. The van der Waals surface area contributed by atoms with Crippen LogP contribution in [0.4, 0.5) is 0 Å². The Balaban J connectivity index is 2.40. The summed E-state index contributed by atoms with van der Waals surface area (Å²) in [6.45, 7) is 7.60. The Hall–Kier alpha value is -0.410. The molecule has 80 valence electrons. The number of aromatic nitrogens is 1. The summed E-state index contributed by atoms with van der Waals surface area (Å²) in [6.07, 6.45) is 3.46. The third-order valence-corrected chi connectivity index (χ3v) is 3.25. The molecule has 0 aliphatic rings. The van der Waals surface area contributed by atoms with Crippen molar-refractivity contribution in [1.82, 2.24) is 10.3 Å². The molecule has 0 radical (unpaired) electrons. The van der Waals surface area contributed by atoms with E-state index >= 15 is 0 Å². The van der Waals surface area contributed by atoms with E-state index in [1.807, 2.05) is 0 Å². The second-order valence-corrected chi connectivity index (χ2v) is 4.59. The van der Waals surface area contributed by atoms with E-state index in [0.717, 1.165) is 18.7 Å². The summed E-state index contributed by atoms with van der Waals surface area (Å²) in [6, 6.07) is 0.598. The van der Waals surface area contributed by atoms with Crippen LogP contribution in [0.25, 0.3) is 0 Å². The fraction of sp³-hybridized carbons (Fsp3) is 0.727. The molecule has 2 nitrogen and oxygen atoms in total. The average molecular weight is 212 g/mol. The van der Waals surface area contributed by atoms with Crippen LogP contribution < -0.4 is 5.32 Å². The molecule has 0 amide bonds. The Morgan fingerprint density at radius 1 is 1.50 bits per heavy atom. The van der Waals surface area contributed by atoms with Crippen LogP contribution in [-0.2, 0) is 6.42 Å². The predicted octanol–water partition coefficient (Wildman–Crippen LogP) is 2.77. The number of nitrogens with one attached hydrogen (secondary N) is 1. The smallest absolute Gasteiger partial charge is 0.0943 e. The van der Waals surface area contributed by atoms with E-state index in [1.165, 1.54) is 17.8 Å². The Morgan fingerprint density at radius 3 is 2.79 bits per heavy atom. The van der Waals surface area contributed by atoms with Gasteiger partial charge in [0.1, 0.15) is 0 Å². The van der Waals surface area contributed by atoms with Gasteiger partial charge in [0.25, 0.3) is 0 Å². The molecule has 1 N–H and O–H groups in total. The summed E-state index contributed by atoms with van der Waals surface area (Å²) in [7, 11) is 0. The van der Waals surface area contributed by atoms with Gasteiger partial charge in [-0.2, -0.15) is 0 Å². The minimum atomic E-state index is 0.598. The molecule has 0 bridgehead atoms. The van der Waals surface area contributed by atoms with Crippen LogP contribution in [0.2, 0.25) is 0 Å². The highest BCUT2D eigenvalue weighted by molar-refractivity contribution is 7.09. The largest absolute Gasteiger partial charge is 0.314 e. The third kappa shape index (κ3) is 3.76. The number of thiazole rings is 1. The van der Waals surface area contributed by atoms with Gasteiger partial charge < -0.3 is 5.32 Å². The molecule has 0 aromatic carbocycles. The third-order valence-electron chi connectivity index (χ3n) is 2.26. The topological polar surface area (TPSA) is 24.9 Å². The van der Waals surface area contributed by atoms with Gasteiger partial charge in [-0.25, -0.2) is 4.98 Å². The molecule has 0 saturated carbocycles. The number of aryl methyl sites for hydroxylation is 1. The van der Waals surface area contributed by atoms with Crippen molar-refractivity contribution in [2.24, 2.45) is 0 Å². The van der Waals surface area contributed by atoms with Crippen molar-refractivity contribution in [3.63, 3.8) is 0 Å². The molecule has 0 aliphatic carbocycles. The van der Waals surface area contributed by atoms with Crippen LogP contribution >= 0.6 is 11.3 Å². The monoisotopic (exact) mass is 212 g/mol. The molecule has 1 atom stereocenters. The Kier molecular flexibility index (Phi) is 5.12. The molecular weight excluding hydrogens is 192 g/mol. The zero-order valence-electron chi connectivity index (χ0n) is 9.34. The lowest BCUT2D eigenvalue weighted by atomic mass is 10.1. The molecule has 0 spiro atoms. The van der Waals surface area contributed by atoms with Crippen molar-refractivity contribution in [3.05, 3.63) is 16.1 Å². The fourth-order valence-corrected chi connectivity index (χ4v) is 2.27. The maximum Gasteiger partial charge on any atom is 0.0943 e. The Labute approximate surface area is 90.8 Å². The van der Waals surface area contributed by atoms with Gasteiger partial charge in [-0.15, -0.1) is 11.3 Å². The van der Waals surface area contributed by atoms with Crippen molar-refractivity contribution in [1.29, 1.82) is 0 Å². The van der Waals surface area contributed by atoms with Gasteiger partial charge in [-0.05, 0) is 26.3 Å². The van der Waals surface area contributed by atoms with Gasteiger partial charge in [0.15, 0.2) is 0 Å². The minimum absolute atomic E-state index is 0.598. The van der Waals surface area contributed by atoms with Crippen molar-refractivity contribution in [2.45, 2.75) is 46.1 Å². The van der Waals surface area contributed by atoms with Gasteiger partial charge in [0.2, 0.25) is 0 Å². The molecule has 0 saturated heterocycles. The normalized spacial score (nSPS) is 13.1. The number of hydrogen-bond donors (Lipinski definition) is 1. The summed E-state index contributed by atoms with van der Waals surface area (Å²) < 4.78 is 0. The highest BCUT2D eigenvalue weighted by atomic mass is 32.1. The summed E-state index contributed by atoms with van der Waals surface area (Å²) in [5, 5.41) is 6.93. The van der Waals surface area contributed by atoms with E-state index in [2.05, 4.69) is 36.5 Å². The Bertz CT molecular complexity index is 258. The lowest BCUT2D eigenvalue weighted by molar-refractivity contribution is 0.494. The van der Waals surface area contributed by atoms with Crippen molar-refractivity contribution in [2.75, 3.05) is 6.54 Å². The van der Waals surface area contributed by atoms with Crippen LogP contribution in [0.15, 0.2) is 5.38 Å². The SMILES string of the molecule is CCCNC(CC)Cc1nc(C)cs1. The molecule has 1 unspecified atom stereocenters. The Morgan fingerprint density at radius 2 is 2.29 bits per heavy atom. The number of nitrogens with zero attached hydrogens (tertiary/aromatic N) is 1. The highest BCUT2D eigenvalue weighted by Gasteiger charge is 2.08. The zero-order valence-corrected chi connectivity index (χ0v) is 10.2. The molecule has 1 aromatic rings. The van der Waals surface area contributed by atoms with E-state index in [1.54, 1.807) is 11.3 Å². The summed E-state index contributed by atoms with van der Waals surface area (Å²) >= 11 is 1.78. The summed E-state index contributed by atoms with van der Waals surface area (Å²) in [5.74, 6) is 0. The lowest BCUT2D eigenvalue weighted by Crippen LogP contribution is -2.31. The van der Waals surface area contributed by atoms with E-state index in [9.17, 15) is 0 Å². The van der Waals surface area contributed by atoms with Crippen molar-refractivity contribution < 1.29 is 0 Å². The second-order valence-electron chi connectivity index (χ2n) is 3.65. The zero-order chi connectivity index (χ0) is 10.4. The van der Waals surface area contributed by atoms with Crippen molar-refractivity contribution in [3.8, 4) is 0 Å². The number of hydrogen-bond acceptors (Lipinski definition) is 3. The van der Waals surface area contributed by atoms with Crippen LogP contribution in [0.3, 0.4) is 0 Å². The first kappa shape index (κ1) is 11.7. The molecule has 0 fully saturated rings. The highest BCUT2D eigenvalue weighted by Crippen LogP contribution is 2.12. The van der Waals surface area contributed by atoms with Crippen LogP contribution in [0.1, 0.15) is 37.4 Å². The molecule has 0 aliphatic heterocycles. The van der Waals surface area contributed by atoms with Gasteiger partial charge in [-0.3, -0.25) is 0 Å². The predicted molar refractivity (Wildman–Crippen MR) is 62.9 cm³/mol. The molecule has 1 rings (SSSR count). The maximum atomic E-state index is 4.49. The van der Waals surface area contributed by atoms with Crippen LogP contribution in [0.5, 0.6) is 0 Å². The molecule has 1 aromatic heterocycles. The second kappa shape index (κ2) is 6.14. The summed E-state index contributed by atoms with van der Waals surface area (Å²) in [5.41, 5.74) is 1.15. The number of rotatable bonds is 6.